The van der Waals surface area contributed by atoms with E-state index in [0.29, 0.717) is 0 Å². The van der Waals surface area contributed by atoms with Crippen molar-refractivity contribution < 1.29 is 19.1 Å². The third-order valence-electron chi connectivity index (χ3n) is 1.64. The van der Waals surface area contributed by atoms with E-state index in [-0.39, 0.29) is 25.5 Å². The molecule has 0 amide bonds. The summed E-state index contributed by atoms with van der Waals surface area (Å²) in [6.45, 7) is 3.55. The maximum absolute atomic E-state index is 11.5. The summed E-state index contributed by atoms with van der Waals surface area (Å²) < 4.78 is 9.39. The number of halogens is 2. The van der Waals surface area contributed by atoms with Gasteiger partial charge in [0.1, 0.15) is 0 Å². The summed E-state index contributed by atoms with van der Waals surface area (Å²) >= 11 is 11.3. The van der Waals surface area contributed by atoms with E-state index in [4.69, 9.17) is 32.7 Å². The van der Waals surface area contributed by atoms with Gasteiger partial charge in [-0.05, 0) is 13.8 Å². The molecule has 0 saturated carbocycles. The minimum Gasteiger partial charge on any atom is -0.464 e. The van der Waals surface area contributed by atoms with Gasteiger partial charge >= 0.3 is 11.9 Å². The van der Waals surface area contributed by atoms with Crippen LogP contribution in [-0.2, 0) is 19.1 Å². The van der Waals surface area contributed by atoms with Crippen LogP contribution in [0.4, 0.5) is 0 Å². The zero-order chi connectivity index (χ0) is 11.9. The predicted octanol–water partition coefficient (Wildman–Crippen LogP) is 1.72. The second kappa shape index (κ2) is 6.90. The molecular formula is C9H14Cl2O4. The Bertz CT molecular complexity index is 212. The molecule has 88 valence electrons. The Morgan fingerprint density at radius 2 is 1.53 bits per heavy atom. The first-order valence-corrected chi connectivity index (χ1v) is 5.53. The average Bonchev–Trinajstić information content (AvgIpc) is 2.18. The van der Waals surface area contributed by atoms with Gasteiger partial charge in [0, 0.05) is 12.3 Å². The Morgan fingerprint density at radius 3 is 1.80 bits per heavy atom. The topological polar surface area (TPSA) is 52.6 Å². The highest BCUT2D eigenvalue weighted by molar-refractivity contribution is 6.45. The molecule has 0 aromatic rings. The number of hydrogen-bond donors (Lipinski definition) is 0. The summed E-state index contributed by atoms with van der Waals surface area (Å²) in [5.74, 6) is -1.56. The van der Waals surface area contributed by atoms with Crippen LogP contribution >= 0.6 is 23.2 Å². The molecule has 6 heteroatoms. The number of hydrogen-bond acceptors (Lipinski definition) is 4. The van der Waals surface area contributed by atoms with Gasteiger partial charge in [0.25, 0.3) is 0 Å². The fraction of sp³-hybridized carbons (Fsp3) is 0.778. The standard InChI is InChI=1S/C9H14Cl2O4/c1-3-14-7(12)9(11,5-6-10)8(13)15-4-2/h3-6H2,1-2H3. The molecule has 15 heavy (non-hydrogen) atoms. The van der Waals surface area contributed by atoms with Crippen molar-refractivity contribution in [2.24, 2.45) is 0 Å². The van der Waals surface area contributed by atoms with E-state index < -0.39 is 16.8 Å². The molecule has 0 aromatic heterocycles. The van der Waals surface area contributed by atoms with E-state index in [1.54, 1.807) is 13.8 Å². The van der Waals surface area contributed by atoms with Crippen LogP contribution in [0.3, 0.4) is 0 Å². The number of ether oxygens (including phenoxy) is 2. The van der Waals surface area contributed by atoms with E-state index in [1.807, 2.05) is 0 Å². The molecular weight excluding hydrogens is 243 g/mol. The molecule has 0 spiro atoms. The second-order valence-corrected chi connectivity index (χ2v) is 3.70. The highest BCUT2D eigenvalue weighted by Gasteiger charge is 2.46. The van der Waals surface area contributed by atoms with Crippen molar-refractivity contribution in [3.8, 4) is 0 Å². The molecule has 0 aliphatic heterocycles. The van der Waals surface area contributed by atoms with Crippen molar-refractivity contribution in [3.63, 3.8) is 0 Å². The van der Waals surface area contributed by atoms with Crippen molar-refractivity contribution in [3.05, 3.63) is 0 Å². The first-order valence-electron chi connectivity index (χ1n) is 4.62. The second-order valence-electron chi connectivity index (χ2n) is 2.68. The monoisotopic (exact) mass is 256 g/mol. The Morgan fingerprint density at radius 1 is 1.13 bits per heavy atom. The zero-order valence-corrected chi connectivity index (χ0v) is 10.2. The van der Waals surface area contributed by atoms with Crippen LogP contribution in [-0.4, -0.2) is 35.9 Å². The van der Waals surface area contributed by atoms with Crippen LogP contribution in [0.2, 0.25) is 0 Å². The lowest BCUT2D eigenvalue weighted by Gasteiger charge is -2.21. The maximum atomic E-state index is 11.5. The molecule has 0 N–H and O–H groups in total. The Labute approximate surface area is 98.8 Å². The Kier molecular flexibility index (Phi) is 6.68. The molecule has 0 rings (SSSR count). The molecule has 0 saturated heterocycles. The number of esters is 2. The highest BCUT2D eigenvalue weighted by atomic mass is 35.5. The molecule has 4 nitrogen and oxygen atoms in total. The number of alkyl halides is 2. The number of carbonyl (C=O) groups excluding carboxylic acids is 2. The van der Waals surface area contributed by atoms with Gasteiger partial charge < -0.3 is 9.47 Å². The molecule has 0 unspecified atom stereocenters. The molecule has 0 aromatic carbocycles. The lowest BCUT2D eigenvalue weighted by molar-refractivity contribution is -0.159. The quantitative estimate of drug-likeness (QED) is 0.413. The Hall–Kier alpha value is -0.480. The van der Waals surface area contributed by atoms with E-state index >= 15 is 0 Å². The Balaban J connectivity index is 4.70. The normalized spacial score (nSPS) is 10.9. The molecule has 0 heterocycles. The van der Waals surface area contributed by atoms with Gasteiger partial charge in [-0.2, -0.15) is 0 Å². The number of rotatable bonds is 6. The third kappa shape index (κ3) is 3.87. The van der Waals surface area contributed by atoms with E-state index in [9.17, 15) is 9.59 Å². The smallest absolute Gasteiger partial charge is 0.338 e. The largest absolute Gasteiger partial charge is 0.464 e. The summed E-state index contributed by atoms with van der Waals surface area (Å²) in [5, 5.41) is 0. The summed E-state index contributed by atoms with van der Waals surface area (Å²) in [4.78, 5) is 21.1. The van der Waals surface area contributed by atoms with Crippen molar-refractivity contribution in [2.45, 2.75) is 25.1 Å². The minimum absolute atomic E-state index is 0.0201. The first-order chi connectivity index (χ1) is 7.02. The molecule has 0 atom stereocenters. The zero-order valence-electron chi connectivity index (χ0n) is 8.72. The summed E-state index contributed by atoms with van der Waals surface area (Å²) in [7, 11) is 0. The summed E-state index contributed by atoms with van der Waals surface area (Å²) in [5.41, 5.74) is 0. The maximum Gasteiger partial charge on any atom is 0.338 e. The first kappa shape index (κ1) is 14.5. The van der Waals surface area contributed by atoms with Crippen LogP contribution in [0.15, 0.2) is 0 Å². The molecule has 0 bridgehead atoms. The minimum atomic E-state index is -1.81. The fourth-order valence-electron chi connectivity index (χ4n) is 0.909. The van der Waals surface area contributed by atoms with Gasteiger partial charge in [-0.25, -0.2) is 9.59 Å². The fourth-order valence-corrected chi connectivity index (χ4v) is 1.49. The third-order valence-corrected chi connectivity index (χ3v) is 2.32. The van der Waals surface area contributed by atoms with Gasteiger partial charge in [-0.15, -0.1) is 11.6 Å². The van der Waals surface area contributed by atoms with Gasteiger partial charge in [0.2, 0.25) is 4.87 Å². The van der Waals surface area contributed by atoms with Crippen molar-refractivity contribution in [2.75, 3.05) is 19.1 Å². The van der Waals surface area contributed by atoms with Gasteiger partial charge in [-0.1, -0.05) is 11.6 Å². The van der Waals surface area contributed by atoms with Gasteiger partial charge in [-0.3, -0.25) is 0 Å². The van der Waals surface area contributed by atoms with Crippen molar-refractivity contribution >= 4 is 35.1 Å². The van der Waals surface area contributed by atoms with E-state index in [0.717, 1.165) is 0 Å². The molecule has 0 aliphatic carbocycles. The van der Waals surface area contributed by atoms with Crippen LogP contribution in [0.25, 0.3) is 0 Å². The molecule has 0 radical (unpaired) electrons. The van der Waals surface area contributed by atoms with Crippen LogP contribution in [0, 0.1) is 0 Å². The summed E-state index contributed by atoms with van der Waals surface area (Å²) in [6.07, 6.45) is -0.0201. The lowest BCUT2D eigenvalue weighted by atomic mass is 10.1. The predicted molar refractivity (Wildman–Crippen MR) is 57.2 cm³/mol. The van der Waals surface area contributed by atoms with Crippen LogP contribution in [0.1, 0.15) is 20.3 Å². The van der Waals surface area contributed by atoms with Crippen LogP contribution < -0.4 is 0 Å². The molecule has 0 aliphatic rings. The van der Waals surface area contributed by atoms with Crippen molar-refractivity contribution in [1.29, 1.82) is 0 Å². The lowest BCUT2D eigenvalue weighted by Crippen LogP contribution is -2.44. The van der Waals surface area contributed by atoms with Crippen molar-refractivity contribution in [1.82, 2.24) is 0 Å². The summed E-state index contributed by atoms with van der Waals surface area (Å²) in [6, 6.07) is 0. The van der Waals surface area contributed by atoms with E-state index in [1.165, 1.54) is 0 Å². The van der Waals surface area contributed by atoms with Gasteiger partial charge in [0.15, 0.2) is 0 Å². The average molecular weight is 257 g/mol. The van der Waals surface area contributed by atoms with E-state index in [2.05, 4.69) is 0 Å². The SMILES string of the molecule is CCOC(=O)C(Cl)(CCCl)C(=O)OCC. The van der Waals surface area contributed by atoms with Crippen LogP contribution in [0.5, 0.6) is 0 Å². The number of carbonyl (C=O) groups is 2. The molecule has 0 fully saturated rings. The van der Waals surface area contributed by atoms with Gasteiger partial charge in [0.05, 0.1) is 13.2 Å². The highest BCUT2D eigenvalue weighted by Crippen LogP contribution is 2.24.